The Balaban J connectivity index is 2.57. The van der Waals surface area contributed by atoms with Crippen LogP contribution in [-0.4, -0.2) is 19.6 Å². The largest absolute Gasteiger partial charge is 0.251 e. The molecule has 74 valence electrons. The zero-order valence-electron chi connectivity index (χ0n) is 11.4. The summed E-state index contributed by atoms with van der Waals surface area (Å²) in [6.45, 7) is 3.01. The molecule has 0 saturated carbocycles. The highest BCUT2D eigenvalue weighted by Gasteiger charge is 2.17. The third-order valence-corrected chi connectivity index (χ3v) is 2.05. The summed E-state index contributed by atoms with van der Waals surface area (Å²) in [5.41, 5.74) is 0.253. The van der Waals surface area contributed by atoms with Crippen LogP contribution in [0.3, 0.4) is 0 Å². The van der Waals surface area contributed by atoms with Crippen molar-refractivity contribution in [2.24, 2.45) is 0 Å². The molecule has 2 aromatic rings. The molecule has 0 amide bonds. The second kappa shape index (κ2) is 2.77. The van der Waals surface area contributed by atoms with Gasteiger partial charge in [-0.2, -0.15) is 5.10 Å². The van der Waals surface area contributed by atoms with Crippen LogP contribution in [0.25, 0.3) is 5.78 Å². The van der Waals surface area contributed by atoms with Gasteiger partial charge in [-0.3, -0.25) is 0 Å². The maximum absolute atomic E-state index is 7.52. The average molecular weight is 193 g/mol. The molecule has 4 heteroatoms. The van der Waals surface area contributed by atoms with Crippen molar-refractivity contribution >= 4 is 5.78 Å². The molecule has 0 bridgehead atoms. The van der Waals surface area contributed by atoms with E-state index in [9.17, 15) is 0 Å². The number of nitrogens with zero attached hydrogens (tertiary/aromatic N) is 4. The van der Waals surface area contributed by atoms with Gasteiger partial charge in [0.05, 0.1) is 23.8 Å². The number of rotatable bonds is 0. The molecule has 2 rings (SSSR count). The Morgan fingerprint density at radius 2 is 2.21 bits per heavy atom. The van der Waals surface area contributed by atoms with Crippen LogP contribution in [0.1, 0.15) is 36.2 Å². The molecular weight excluding hydrogens is 176 g/mol. The Hall–Kier alpha value is -1.45. The summed E-state index contributed by atoms with van der Waals surface area (Å²) in [6, 6.07) is 0. The third kappa shape index (κ3) is 1.36. The van der Waals surface area contributed by atoms with Crippen molar-refractivity contribution in [3.8, 4) is 0 Å². The van der Waals surface area contributed by atoms with E-state index < -0.39 is 12.3 Å². The predicted octanol–water partition coefficient (Wildman–Crippen LogP) is 1.73. The summed E-state index contributed by atoms with van der Waals surface area (Å²) >= 11 is 0. The number of hydrogen-bond acceptors (Lipinski definition) is 3. The monoisotopic (exact) mass is 193 g/mol. The second-order valence-electron chi connectivity index (χ2n) is 3.88. The van der Waals surface area contributed by atoms with Gasteiger partial charge in [-0.15, -0.1) is 0 Å². The molecule has 4 nitrogen and oxygen atoms in total. The molecule has 0 atom stereocenters. The molecule has 0 aromatic carbocycles. The van der Waals surface area contributed by atoms with E-state index in [1.807, 2.05) is 6.92 Å². The first kappa shape index (κ1) is 6.11. The molecule has 0 N–H and O–H groups in total. The van der Waals surface area contributed by atoms with E-state index in [1.165, 1.54) is 6.20 Å². The Morgan fingerprint density at radius 3 is 2.93 bits per heavy atom. The molecule has 0 aliphatic rings. The quantitative estimate of drug-likeness (QED) is 0.640. The molecule has 0 radical (unpaired) electrons. The van der Waals surface area contributed by atoms with Crippen molar-refractivity contribution in [1.29, 1.82) is 0 Å². The maximum atomic E-state index is 7.52. The second-order valence-corrected chi connectivity index (χ2v) is 3.88. The van der Waals surface area contributed by atoms with Crippen LogP contribution in [0.4, 0.5) is 0 Å². The minimum atomic E-state index is -2.12. The van der Waals surface area contributed by atoms with Crippen LogP contribution >= 0.6 is 0 Å². The lowest BCUT2D eigenvalue weighted by Crippen LogP contribution is -2.15. The van der Waals surface area contributed by atoms with E-state index in [0.29, 0.717) is 11.5 Å². The number of aromatic nitrogens is 4. The first-order valence-electron chi connectivity index (χ1n) is 5.91. The molecule has 2 heterocycles. The lowest BCUT2D eigenvalue weighted by atomic mass is 9.93. The van der Waals surface area contributed by atoms with Crippen molar-refractivity contribution in [3.63, 3.8) is 0 Å². The first-order chi connectivity index (χ1) is 7.73. The van der Waals surface area contributed by atoms with Crippen LogP contribution in [0.2, 0.25) is 0 Å². The Morgan fingerprint density at radius 1 is 1.43 bits per heavy atom. The maximum Gasteiger partial charge on any atom is 0.251 e. The molecule has 0 unspecified atom stereocenters. The summed E-state index contributed by atoms with van der Waals surface area (Å²) in [5.74, 6) is 0.428. The van der Waals surface area contributed by atoms with E-state index in [-0.39, 0.29) is 0 Å². The van der Waals surface area contributed by atoms with Gasteiger partial charge in [0.1, 0.15) is 0 Å². The normalized spacial score (nSPS) is 16.4. The van der Waals surface area contributed by atoms with E-state index in [1.54, 1.807) is 24.6 Å². The number of fused-ring (bicyclic) bond motifs is 1. The van der Waals surface area contributed by atoms with Crippen molar-refractivity contribution in [1.82, 2.24) is 19.6 Å². The van der Waals surface area contributed by atoms with Gasteiger partial charge in [0, 0.05) is 9.53 Å². The van der Waals surface area contributed by atoms with Gasteiger partial charge in [0.15, 0.2) is 0 Å². The van der Waals surface area contributed by atoms with E-state index >= 15 is 0 Å². The fraction of sp³-hybridized carbons (Fsp3) is 0.500. The molecular formula is C10H14N4. The van der Waals surface area contributed by atoms with Gasteiger partial charge >= 0.3 is 0 Å². The number of hydrogen-bond donors (Lipinski definition) is 0. The van der Waals surface area contributed by atoms with Gasteiger partial charge in [-0.05, 0) is 6.92 Å². The van der Waals surface area contributed by atoms with Crippen LogP contribution in [-0.2, 0) is 5.41 Å². The lowest BCUT2D eigenvalue weighted by molar-refractivity contribution is 0.561. The number of aryl methyl sites for hydroxylation is 1. The van der Waals surface area contributed by atoms with Crippen molar-refractivity contribution < 1.29 is 4.11 Å². The van der Waals surface area contributed by atoms with Crippen LogP contribution in [0.15, 0.2) is 12.4 Å². The zero-order chi connectivity index (χ0) is 12.8. The Labute approximate surface area is 87.2 Å². The molecule has 0 spiro atoms. The number of imidazole rings is 1. The minimum absolute atomic E-state index is 0.426. The molecule has 0 fully saturated rings. The van der Waals surface area contributed by atoms with E-state index in [2.05, 4.69) is 15.1 Å². The van der Waals surface area contributed by atoms with E-state index in [4.69, 9.17) is 4.11 Å². The van der Waals surface area contributed by atoms with E-state index in [0.717, 1.165) is 5.69 Å². The van der Waals surface area contributed by atoms with Gasteiger partial charge in [-0.1, -0.05) is 20.7 Å². The highest BCUT2D eigenvalue weighted by atomic mass is 15.3. The highest BCUT2D eigenvalue weighted by molar-refractivity contribution is 5.30. The van der Waals surface area contributed by atoms with Gasteiger partial charge in [-0.25, -0.2) is 14.5 Å². The van der Waals surface area contributed by atoms with Gasteiger partial charge in [0.2, 0.25) is 0 Å². The minimum Gasteiger partial charge on any atom is -0.218 e. The first-order valence-corrected chi connectivity index (χ1v) is 4.41. The van der Waals surface area contributed by atoms with Crippen LogP contribution in [0, 0.1) is 6.92 Å². The molecule has 0 aliphatic carbocycles. The Kier molecular flexibility index (Phi) is 1.21. The standard InChI is InChI=1S/C10H14N4/c1-7-5-11-9-13-8(10(2,3)4)6-12-14(7)9/h5-6H,1-4H3/i2D3. The molecule has 0 aliphatic heterocycles. The topological polar surface area (TPSA) is 43.1 Å². The Bertz CT molecular complexity index is 556. The fourth-order valence-electron chi connectivity index (χ4n) is 1.19. The summed E-state index contributed by atoms with van der Waals surface area (Å²) in [5, 5.41) is 4.16. The molecule has 2 aromatic heterocycles. The summed E-state index contributed by atoms with van der Waals surface area (Å²) in [7, 11) is 0. The van der Waals surface area contributed by atoms with Crippen molar-refractivity contribution in [3.05, 3.63) is 23.8 Å². The predicted molar refractivity (Wildman–Crippen MR) is 54.2 cm³/mol. The zero-order valence-corrected chi connectivity index (χ0v) is 8.44. The van der Waals surface area contributed by atoms with Crippen LogP contribution < -0.4 is 0 Å². The van der Waals surface area contributed by atoms with Crippen molar-refractivity contribution in [2.75, 3.05) is 0 Å². The SMILES string of the molecule is [2H]C([2H])([2H])C(C)(C)c1cnn2c(C)cnc2n1. The summed E-state index contributed by atoms with van der Waals surface area (Å²) < 4.78 is 24.2. The lowest BCUT2D eigenvalue weighted by Gasteiger charge is -2.16. The van der Waals surface area contributed by atoms with Crippen LogP contribution in [0.5, 0.6) is 0 Å². The fourth-order valence-corrected chi connectivity index (χ4v) is 1.19. The average Bonchev–Trinajstić information content (AvgIpc) is 2.58. The van der Waals surface area contributed by atoms with Crippen molar-refractivity contribution in [2.45, 2.75) is 33.0 Å². The van der Waals surface area contributed by atoms with Gasteiger partial charge < -0.3 is 0 Å². The molecule has 14 heavy (non-hydrogen) atoms. The summed E-state index contributed by atoms with van der Waals surface area (Å²) in [6.07, 6.45) is 3.15. The smallest absolute Gasteiger partial charge is 0.218 e. The third-order valence-electron chi connectivity index (χ3n) is 2.05. The highest BCUT2D eigenvalue weighted by Crippen LogP contribution is 2.19. The van der Waals surface area contributed by atoms with Gasteiger partial charge in [0.25, 0.3) is 5.78 Å². The molecule has 0 saturated heterocycles. The summed E-state index contributed by atoms with van der Waals surface area (Å²) in [4.78, 5) is 8.34.